The average molecular weight is 329 g/mol. The van der Waals surface area contributed by atoms with Crippen LogP contribution in [0.25, 0.3) is 0 Å². The second kappa shape index (κ2) is 6.82. The summed E-state index contributed by atoms with van der Waals surface area (Å²) < 4.78 is 0. The second-order valence-corrected chi connectivity index (χ2v) is 6.02. The molecule has 1 aromatic carbocycles. The van der Waals surface area contributed by atoms with Gasteiger partial charge < -0.3 is 10.2 Å². The van der Waals surface area contributed by atoms with E-state index in [-0.39, 0.29) is 30.2 Å². The largest absolute Gasteiger partial charge is 0.340 e. The van der Waals surface area contributed by atoms with Crippen LogP contribution < -0.4 is 10.6 Å². The lowest BCUT2D eigenvalue weighted by molar-refractivity contribution is -0.134. The molecule has 0 spiro atoms. The lowest BCUT2D eigenvalue weighted by atomic mass is 10.0. The monoisotopic (exact) mass is 329 g/mol. The Bertz CT molecular complexity index is 695. The summed E-state index contributed by atoms with van der Waals surface area (Å²) in [5, 5.41) is 4.82. The van der Waals surface area contributed by atoms with Crippen LogP contribution in [0.3, 0.4) is 0 Å². The number of hydrogen-bond donors (Lipinski definition) is 2. The minimum absolute atomic E-state index is 0.165. The lowest BCUT2D eigenvalue weighted by Crippen LogP contribution is -2.52. The average Bonchev–Trinajstić information content (AvgIpc) is 3.11. The summed E-state index contributed by atoms with van der Waals surface area (Å²) in [4.78, 5) is 49.8. The van der Waals surface area contributed by atoms with Gasteiger partial charge in [0.1, 0.15) is 6.04 Å². The maximum absolute atomic E-state index is 12.6. The quantitative estimate of drug-likeness (QED) is 0.788. The molecule has 2 aliphatic rings. The summed E-state index contributed by atoms with van der Waals surface area (Å²) in [5.41, 5.74) is 0.586. The van der Waals surface area contributed by atoms with Crippen LogP contribution in [0.5, 0.6) is 0 Å². The fourth-order valence-corrected chi connectivity index (χ4v) is 3.03. The van der Waals surface area contributed by atoms with Gasteiger partial charge in [0.2, 0.25) is 11.8 Å². The van der Waals surface area contributed by atoms with Crippen molar-refractivity contribution < 1.29 is 19.2 Å². The zero-order valence-electron chi connectivity index (χ0n) is 13.2. The molecule has 2 saturated heterocycles. The third-order valence-corrected chi connectivity index (χ3v) is 4.34. The molecule has 7 nitrogen and oxygen atoms in total. The standard InChI is InChI=1S/C17H19N3O4/c21-14-8-7-13(16(23)19-14)18-15(22)11-5-1-2-6-12(11)17(24)20-9-3-4-10-20/h1-2,5-6,13H,3-4,7-10H2,(H,18,22)(H,19,21,23). The van der Waals surface area contributed by atoms with Crippen molar-refractivity contribution in [3.05, 3.63) is 35.4 Å². The number of carbonyl (C=O) groups excluding carboxylic acids is 4. The minimum Gasteiger partial charge on any atom is -0.340 e. The first-order valence-electron chi connectivity index (χ1n) is 8.09. The maximum Gasteiger partial charge on any atom is 0.254 e. The fourth-order valence-electron chi connectivity index (χ4n) is 3.03. The van der Waals surface area contributed by atoms with Gasteiger partial charge in [-0.3, -0.25) is 24.5 Å². The predicted octanol–water partition coefficient (Wildman–Crippen LogP) is 0.458. The Morgan fingerprint density at radius 1 is 1.08 bits per heavy atom. The van der Waals surface area contributed by atoms with Crippen molar-refractivity contribution in [3.63, 3.8) is 0 Å². The van der Waals surface area contributed by atoms with E-state index in [0.29, 0.717) is 18.7 Å². The molecule has 2 N–H and O–H groups in total. The maximum atomic E-state index is 12.6. The lowest BCUT2D eigenvalue weighted by Gasteiger charge is -2.23. The molecule has 2 fully saturated rings. The Kier molecular flexibility index (Phi) is 4.59. The van der Waals surface area contributed by atoms with Crippen molar-refractivity contribution in [1.82, 2.24) is 15.5 Å². The molecule has 1 unspecified atom stereocenters. The highest BCUT2D eigenvalue weighted by Gasteiger charge is 2.30. The van der Waals surface area contributed by atoms with E-state index >= 15 is 0 Å². The number of hydrogen-bond acceptors (Lipinski definition) is 4. The molecule has 4 amide bonds. The molecule has 7 heteroatoms. The molecule has 0 bridgehead atoms. The Morgan fingerprint density at radius 2 is 1.75 bits per heavy atom. The summed E-state index contributed by atoms with van der Waals surface area (Å²) in [6.07, 6.45) is 2.39. The Hall–Kier alpha value is -2.70. The van der Waals surface area contributed by atoms with E-state index in [2.05, 4.69) is 10.6 Å². The van der Waals surface area contributed by atoms with Crippen LogP contribution >= 0.6 is 0 Å². The summed E-state index contributed by atoms with van der Waals surface area (Å²) >= 11 is 0. The number of carbonyl (C=O) groups is 4. The van der Waals surface area contributed by atoms with Crippen LogP contribution in [0.15, 0.2) is 24.3 Å². The van der Waals surface area contributed by atoms with Crippen LogP contribution in [-0.4, -0.2) is 47.7 Å². The topological polar surface area (TPSA) is 95.6 Å². The van der Waals surface area contributed by atoms with Crippen LogP contribution in [0.2, 0.25) is 0 Å². The van der Waals surface area contributed by atoms with Crippen molar-refractivity contribution in [2.24, 2.45) is 0 Å². The predicted molar refractivity (Wildman–Crippen MR) is 85.2 cm³/mol. The Morgan fingerprint density at radius 3 is 2.42 bits per heavy atom. The number of nitrogens with one attached hydrogen (secondary N) is 2. The first-order chi connectivity index (χ1) is 11.6. The highest BCUT2D eigenvalue weighted by atomic mass is 16.2. The highest BCUT2D eigenvalue weighted by molar-refractivity contribution is 6.09. The van der Waals surface area contributed by atoms with Gasteiger partial charge in [-0.25, -0.2) is 0 Å². The van der Waals surface area contributed by atoms with Crippen LogP contribution in [-0.2, 0) is 9.59 Å². The summed E-state index contributed by atoms with van der Waals surface area (Å²) in [5.74, 6) is -1.49. The number of rotatable bonds is 3. The third-order valence-electron chi connectivity index (χ3n) is 4.34. The van der Waals surface area contributed by atoms with E-state index in [9.17, 15) is 19.2 Å². The van der Waals surface area contributed by atoms with Gasteiger partial charge in [-0.2, -0.15) is 0 Å². The van der Waals surface area contributed by atoms with Gasteiger partial charge in [0.15, 0.2) is 0 Å². The molecule has 0 saturated carbocycles. The first kappa shape index (κ1) is 16.2. The number of imide groups is 1. The summed E-state index contributed by atoms with van der Waals surface area (Å²) in [7, 11) is 0. The minimum atomic E-state index is -0.759. The molecule has 0 aromatic heterocycles. The van der Waals surface area contributed by atoms with E-state index in [0.717, 1.165) is 12.8 Å². The molecule has 24 heavy (non-hydrogen) atoms. The number of nitrogens with zero attached hydrogens (tertiary/aromatic N) is 1. The first-order valence-corrected chi connectivity index (χ1v) is 8.09. The van der Waals surface area contributed by atoms with Crippen LogP contribution in [0, 0.1) is 0 Å². The van der Waals surface area contributed by atoms with Gasteiger partial charge in [-0.15, -0.1) is 0 Å². The normalized spacial score (nSPS) is 20.7. The van der Waals surface area contributed by atoms with Gasteiger partial charge in [0.05, 0.1) is 11.1 Å². The molecule has 126 valence electrons. The number of benzene rings is 1. The van der Waals surface area contributed by atoms with Crippen LogP contribution in [0.4, 0.5) is 0 Å². The smallest absolute Gasteiger partial charge is 0.254 e. The molecule has 0 radical (unpaired) electrons. The molecule has 1 atom stereocenters. The van der Waals surface area contributed by atoms with E-state index in [1.807, 2.05) is 0 Å². The van der Waals surface area contributed by atoms with Gasteiger partial charge in [-0.05, 0) is 31.4 Å². The molecule has 3 rings (SSSR count). The van der Waals surface area contributed by atoms with E-state index in [4.69, 9.17) is 0 Å². The summed E-state index contributed by atoms with van der Waals surface area (Å²) in [6.45, 7) is 1.39. The molecule has 1 aromatic rings. The van der Waals surface area contributed by atoms with Crippen molar-refractivity contribution in [1.29, 1.82) is 0 Å². The van der Waals surface area contributed by atoms with E-state index < -0.39 is 17.9 Å². The third kappa shape index (κ3) is 3.29. The Balaban J connectivity index is 1.76. The zero-order chi connectivity index (χ0) is 17.1. The molecular weight excluding hydrogens is 310 g/mol. The van der Waals surface area contributed by atoms with Crippen molar-refractivity contribution in [3.8, 4) is 0 Å². The van der Waals surface area contributed by atoms with Crippen molar-refractivity contribution >= 4 is 23.6 Å². The van der Waals surface area contributed by atoms with Gasteiger partial charge in [0, 0.05) is 19.5 Å². The van der Waals surface area contributed by atoms with Crippen LogP contribution in [0.1, 0.15) is 46.4 Å². The molecule has 0 aliphatic carbocycles. The van der Waals surface area contributed by atoms with Crippen molar-refractivity contribution in [2.45, 2.75) is 31.7 Å². The molecule has 2 aliphatic heterocycles. The highest BCUT2D eigenvalue weighted by Crippen LogP contribution is 2.17. The zero-order valence-corrected chi connectivity index (χ0v) is 13.2. The number of piperidine rings is 1. The summed E-state index contributed by atoms with van der Waals surface area (Å²) in [6, 6.07) is 5.83. The van der Waals surface area contributed by atoms with Gasteiger partial charge in [0.25, 0.3) is 11.8 Å². The second-order valence-electron chi connectivity index (χ2n) is 6.02. The Labute approximate surface area is 139 Å². The van der Waals surface area contributed by atoms with E-state index in [1.165, 1.54) is 0 Å². The number of likely N-dealkylation sites (tertiary alicyclic amines) is 1. The SMILES string of the molecule is O=C1CCC(NC(=O)c2ccccc2C(=O)N2CCCC2)C(=O)N1. The van der Waals surface area contributed by atoms with Crippen molar-refractivity contribution in [2.75, 3.05) is 13.1 Å². The number of amides is 4. The fraction of sp³-hybridized carbons (Fsp3) is 0.412. The molecular formula is C17H19N3O4. The van der Waals surface area contributed by atoms with Gasteiger partial charge in [-0.1, -0.05) is 12.1 Å². The van der Waals surface area contributed by atoms with E-state index in [1.54, 1.807) is 29.2 Å². The van der Waals surface area contributed by atoms with Gasteiger partial charge >= 0.3 is 0 Å². The molecule has 2 heterocycles.